The Kier molecular flexibility index (Phi) is 5.85. The lowest BCUT2D eigenvalue weighted by atomic mass is 10.1. The quantitative estimate of drug-likeness (QED) is 0.801. The van der Waals surface area contributed by atoms with E-state index in [-0.39, 0.29) is 11.8 Å². The maximum absolute atomic E-state index is 12.5. The number of rotatable bonds is 6. The number of nitriles is 1. The maximum atomic E-state index is 12.5. The smallest absolute Gasteiger partial charge is 0.257 e. The van der Waals surface area contributed by atoms with Gasteiger partial charge in [-0.2, -0.15) is 5.26 Å². The van der Waals surface area contributed by atoms with Crippen molar-refractivity contribution in [2.45, 2.75) is 6.92 Å². The molecule has 0 saturated heterocycles. The maximum Gasteiger partial charge on any atom is 0.257 e. The van der Waals surface area contributed by atoms with Gasteiger partial charge < -0.3 is 19.1 Å². The molecule has 0 aliphatic heterocycles. The van der Waals surface area contributed by atoms with Crippen molar-refractivity contribution < 1.29 is 19.0 Å². The van der Waals surface area contributed by atoms with Gasteiger partial charge in [0.05, 0.1) is 38.9 Å². The molecule has 0 aromatic heterocycles. The lowest BCUT2D eigenvalue weighted by molar-refractivity contribution is 0.0781. The fourth-order valence-corrected chi connectivity index (χ4v) is 2.01. The van der Waals surface area contributed by atoms with Crippen molar-refractivity contribution >= 4 is 5.91 Å². The highest BCUT2D eigenvalue weighted by atomic mass is 16.5. The van der Waals surface area contributed by atoms with Gasteiger partial charge in [0.1, 0.15) is 0 Å². The van der Waals surface area contributed by atoms with E-state index in [0.29, 0.717) is 29.4 Å². The summed E-state index contributed by atoms with van der Waals surface area (Å²) in [7, 11) is 6.11. The summed E-state index contributed by atoms with van der Waals surface area (Å²) in [6.45, 7) is 2.10. The zero-order valence-corrected chi connectivity index (χ0v) is 13.0. The third-order valence-electron chi connectivity index (χ3n) is 3.05. The van der Waals surface area contributed by atoms with Crippen molar-refractivity contribution in [1.29, 1.82) is 5.26 Å². The van der Waals surface area contributed by atoms with Crippen LogP contribution in [0.15, 0.2) is 12.1 Å². The van der Waals surface area contributed by atoms with Gasteiger partial charge in [0.15, 0.2) is 11.5 Å². The molecule has 6 heteroatoms. The number of carbonyl (C=O) groups is 1. The van der Waals surface area contributed by atoms with Crippen LogP contribution in [0, 0.1) is 17.2 Å². The Morgan fingerprint density at radius 1 is 1.24 bits per heavy atom. The zero-order valence-electron chi connectivity index (χ0n) is 13.0. The average Bonchev–Trinajstić information content (AvgIpc) is 2.51. The largest absolute Gasteiger partial charge is 0.493 e. The van der Waals surface area contributed by atoms with Crippen LogP contribution in [0.2, 0.25) is 0 Å². The molecule has 1 atom stereocenters. The Morgan fingerprint density at radius 2 is 1.86 bits per heavy atom. The van der Waals surface area contributed by atoms with E-state index in [1.54, 1.807) is 26.1 Å². The van der Waals surface area contributed by atoms with E-state index in [2.05, 4.69) is 6.07 Å². The van der Waals surface area contributed by atoms with Crippen molar-refractivity contribution in [3.05, 3.63) is 17.7 Å². The Balaban J connectivity index is 3.18. The fourth-order valence-electron chi connectivity index (χ4n) is 2.01. The summed E-state index contributed by atoms with van der Waals surface area (Å²) in [5.74, 6) is 0.685. The van der Waals surface area contributed by atoms with E-state index in [4.69, 9.17) is 19.5 Å². The van der Waals surface area contributed by atoms with Crippen LogP contribution in [0.25, 0.3) is 0 Å². The molecule has 1 unspecified atom stereocenters. The van der Waals surface area contributed by atoms with Gasteiger partial charge in [0.25, 0.3) is 5.91 Å². The summed E-state index contributed by atoms with van der Waals surface area (Å²) in [5.41, 5.74) is 0.364. The Labute approximate surface area is 124 Å². The predicted molar refractivity (Wildman–Crippen MR) is 77.8 cm³/mol. The molecule has 0 radical (unpaired) electrons. The lowest BCUT2D eigenvalue weighted by Crippen LogP contribution is -2.31. The molecule has 1 aromatic carbocycles. The first-order valence-electron chi connectivity index (χ1n) is 6.44. The van der Waals surface area contributed by atoms with Crippen LogP contribution in [-0.4, -0.2) is 45.7 Å². The lowest BCUT2D eigenvalue weighted by Gasteiger charge is -2.21. The number of amides is 1. The van der Waals surface area contributed by atoms with E-state index in [0.717, 1.165) is 0 Å². The highest BCUT2D eigenvalue weighted by Gasteiger charge is 2.23. The standard InChI is InChI=1S/C15H20N2O4/c1-10(8-16)9-17(2)15(18)11-6-7-12(19-3)14(21-5)13(11)20-4/h6-7,10H,9H2,1-5H3. The number of hydrogen-bond acceptors (Lipinski definition) is 5. The molecule has 1 amide bonds. The molecule has 114 valence electrons. The molecule has 0 bridgehead atoms. The third-order valence-corrected chi connectivity index (χ3v) is 3.05. The fraction of sp³-hybridized carbons (Fsp3) is 0.467. The molecule has 1 aromatic rings. The molecular formula is C15H20N2O4. The van der Waals surface area contributed by atoms with E-state index >= 15 is 0 Å². The Hall–Kier alpha value is -2.42. The molecule has 0 fully saturated rings. The minimum Gasteiger partial charge on any atom is -0.493 e. The number of ether oxygens (including phenoxy) is 3. The number of nitrogens with zero attached hydrogens (tertiary/aromatic N) is 2. The van der Waals surface area contributed by atoms with Crippen LogP contribution in [0.3, 0.4) is 0 Å². The number of hydrogen-bond donors (Lipinski definition) is 0. The topological polar surface area (TPSA) is 71.8 Å². The second-order valence-corrected chi connectivity index (χ2v) is 4.60. The number of benzene rings is 1. The molecule has 6 nitrogen and oxygen atoms in total. The van der Waals surface area contributed by atoms with Gasteiger partial charge in [-0.3, -0.25) is 4.79 Å². The monoisotopic (exact) mass is 292 g/mol. The van der Waals surface area contributed by atoms with Crippen LogP contribution in [0.1, 0.15) is 17.3 Å². The summed E-state index contributed by atoms with van der Waals surface area (Å²) in [5, 5.41) is 8.84. The highest BCUT2D eigenvalue weighted by Crippen LogP contribution is 2.40. The first kappa shape index (κ1) is 16.6. The molecular weight excluding hydrogens is 272 g/mol. The third kappa shape index (κ3) is 3.57. The highest BCUT2D eigenvalue weighted by molar-refractivity contribution is 5.98. The summed E-state index contributed by atoms with van der Waals surface area (Å²) < 4.78 is 15.7. The van der Waals surface area contributed by atoms with Gasteiger partial charge in [-0.1, -0.05) is 0 Å². The second kappa shape index (κ2) is 7.39. The van der Waals surface area contributed by atoms with E-state index in [1.165, 1.54) is 26.2 Å². The van der Waals surface area contributed by atoms with Gasteiger partial charge in [-0.15, -0.1) is 0 Å². The van der Waals surface area contributed by atoms with Crippen LogP contribution >= 0.6 is 0 Å². The molecule has 0 spiro atoms. The second-order valence-electron chi connectivity index (χ2n) is 4.60. The predicted octanol–water partition coefficient (Wildman–Crippen LogP) is 1.94. The van der Waals surface area contributed by atoms with Crippen molar-refractivity contribution in [1.82, 2.24) is 4.90 Å². The van der Waals surface area contributed by atoms with Crippen molar-refractivity contribution in [3.63, 3.8) is 0 Å². The number of methoxy groups -OCH3 is 3. The summed E-state index contributed by atoms with van der Waals surface area (Å²) in [4.78, 5) is 14.0. The minimum absolute atomic E-state index is 0.241. The van der Waals surface area contributed by atoms with Crippen LogP contribution in [0.5, 0.6) is 17.2 Å². The van der Waals surface area contributed by atoms with E-state index in [9.17, 15) is 4.79 Å². The van der Waals surface area contributed by atoms with Crippen molar-refractivity contribution in [2.75, 3.05) is 34.9 Å². The van der Waals surface area contributed by atoms with Crippen LogP contribution < -0.4 is 14.2 Å². The molecule has 0 aliphatic carbocycles. The van der Waals surface area contributed by atoms with Gasteiger partial charge >= 0.3 is 0 Å². The molecule has 21 heavy (non-hydrogen) atoms. The van der Waals surface area contributed by atoms with Gasteiger partial charge in [0.2, 0.25) is 5.75 Å². The number of carbonyl (C=O) groups excluding carboxylic acids is 1. The summed E-state index contributed by atoms with van der Waals surface area (Å²) >= 11 is 0. The van der Waals surface area contributed by atoms with Crippen LogP contribution in [0.4, 0.5) is 0 Å². The molecule has 1 rings (SSSR count). The van der Waals surface area contributed by atoms with Gasteiger partial charge in [-0.05, 0) is 19.1 Å². The zero-order chi connectivity index (χ0) is 16.0. The van der Waals surface area contributed by atoms with Gasteiger partial charge in [0, 0.05) is 13.6 Å². The van der Waals surface area contributed by atoms with E-state index < -0.39 is 0 Å². The normalized spacial score (nSPS) is 11.2. The molecule has 0 saturated carbocycles. The van der Waals surface area contributed by atoms with Crippen LogP contribution in [-0.2, 0) is 0 Å². The molecule has 0 aliphatic rings. The minimum atomic E-state index is -0.245. The Bertz CT molecular complexity index is 551. The van der Waals surface area contributed by atoms with Crippen molar-refractivity contribution in [3.8, 4) is 23.3 Å². The van der Waals surface area contributed by atoms with Gasteiger partial charge in [-0.25, -0.2) is 0 Å². The average molecular weight is 292 g/mol. The summed E-state index contributed by atoms with van der Waals surface area (Å²) in [6.07, 6.45) is 0. The SMILES string of the molecule is COc1ccc(C(=O)N(C)CC(C)C#N)c(OC)c1OC. The first-order chi connectivity index (χ1) is 9.99. The Morgan fingerprint density at radius 3 is 2.33 bits per heavy atom. The molecule has 0 N–H and O–H groups in total. The molecule has 0 heterocycles. The summed E-state index contributed by atoms with van der Waals surface area (Å²) in [6, 6.07) is 5.37. The van der Waals surface area contributed by atoms with E-state index in [1.807, 2.05) is 0 Å². The first-order valence-corrected chi connectivity index (χ1v) is 6.44. The van der Waals surface area contributed by atoms with Crippen molar-refractivity contribution in [2.24, 2.45) is 5.92 Å².